The number of aliphatic carboxylic acids is 1. The molecule has 1 heterocycles. The summed E-state index contributed by atoms with van der Waals surface area (Å²) >= 11 is 0. The van der Waals surface area contributed by atoms with Crippen molar-refractivity contribution in [1.29, 1.82) is 0 Å². The number of carboxylic acids is 1. The molecule has 2 amide bonds. The third-order valence-electron chi connectivity index (χ3n) is 8.08. The van der Waals surface area contributed by atoms with Crippen LogP contribution in [-0.4, -0.2) is 59.8 Å². The van der Waals surface area contributed by atoms with Crippen LogP contribution in [0.3, 0.4) is 0 Å². The van der Waals surface area contributed by atoms with Gasteiger partial charge in [-0.15, -0.1) is 0 Å². The largest absolute Gasteiger partial charge is 0.479 e. The van der Waals surface area contributed by atoms with Crippen LogP contribution in [0.4, 0.5) is 4.79 Å². The van der Waals surface area contributed by atoms with Gasteiger partial charge >= 0.3 is 12.1 Å². The second kappa shape index (κ2) is 11.7. The van der Waals surface area contributed by atoms with Crippen molar-refractivity contribution in [3.05, 3.63) is 95.6 Å². The average molecular weight is 556 g/mol. The highest BCUT2D eigenvalue weighted by atomic mass is 16.5. The Morgan fingerprint density at radius 2 is 1.56 bits per heavy atom. The van der Waals surface area contributed by atoms with E-state index in [4.69, 9.17) is 4.74 Å². The summed E-state index contributed by atoms with van der Waals surface area (Å²) in [6.45, 7) is 5.58. The smallest absolute Gasteiger partial charge is 0.407 e. The lowest BCUT2D eigenvalue weighted by atomic mass is 9.88. The van der Waals surface area contributed by atoms with Crippen molar-refractivity contribution in [2.24, 2.45) is 5.41 Å². The standard InChI is InChI=1S/C33H37N3O5/c1-32(2,18-29(37)35-33(30(38)39)16-17-36(22-33)19-23-10-4-3-5-11-23)21-34-31(40)41-20-28-26-14-8-6-12-24(26)25-13-7-9-15-27(25)28/h3-15,28H,16-22H2,1-2H3,(H,34,40)(H,35,37)(H,38,39). The number of likely N-dealkylation sites (tertiary alicyclic amines) is 1. The number of fused-ring (bicyclic) bond motifs is 3. The fourth-order valence-corrected chi connectivity index (χ4v) is 5.96. The van der Waals surface area contributed by atoms with Crippen molar-refractivity contribution in [1.82, 2.24) is 15.5 Å². The van der Waals surface area contributed by atoms with E-state index >= 15 is 0 Å². The Hall–Kier alpha value is -4.17. The van der Waals surface area contributed by atoms with Crippen molar-refractivity contribution in [2.75, 3.05) is 26.2 Å². The molecular formula is C33H37N3O5. The van der Waals surface area contributed by atoms with Gasteiger partial charge in [0.15, 0.2) is 5.54 Å². The summed E-state index contributed by atoms with van der Waals surface area (Å²) in [6, 6.07) is 26.2. The molecule has 3 aromatic rings. The van der Waals surface area contributed by atoms with Gasteiger partial charge in [-0.2, -0.15) is 0 Å². The van der Waals surface area contributed by atoms with Crippen molar-refractivity contribution < 1.29 is 24.2 Å². The molecule has 1 saturated heterocycles. The van der Waals surface area contributed by atoms with E-state index in [0.29, 0.717) is 19.5 Å². The predicted octanol–water partition coefficient (Wildman–Crippen LogP) is 4.79. The number of nitrogens with one attached hydrogen (secondary N) is 2. The Morgan fingerprint density at radius 1 is 0.951 bits per heavy atom. The van der Waals surface area contributed by atoms with E-state index in [1.54, 1.807) is 0 Å². The molecule has 0 bridgehead atoms. The molecule has 0 radical (unpaired) electrons. The van der Waals surface area contributed by atoms with Crippen molar-refractivity contribution in [2.45, 2.75) is 44.7 Å². The van der Waals surface area contributed by atoms with Gasteiger partial charge < -0.3 is 20.5 Å². The lowest BCUT2D eigenvalue weighted by Gasteiger charge is -2.29. The lowest BCUT2D eigenvalue weighted by molar-refractivity contribution is -0.147. The summed E-state index contributed by atoms with van der Waals surface area (Å²) < 4.78 is 5.62. The van der Waals surface area contributed by atoms with E-state index in [2.05, 4.69) is 34.9 Å². The molecule has 1 aliphatic heterocycles. The quantitative estimate of drug-likeness (QED) is 0.332. The summed E-state index contributed by atoms with van der Waals surface area (Å²) in [5, 5.41) is 15.6. The van der Waals surface area contributed by atoms with Crippen LogP contribution in [0.1, 0.15) is 49.3 Å². The van der Waals surface area contributed by atoms with Crippen LogP contribution in [0.25, 0.3) is 11.1 Å². The van der Waals surface area contributed by atoms with E-state index in [-0.39, 0.29) is 37.9 Å². The Balaban J connectivity index is 1.11. The first-order valence-electron chi connectivity index (χ1n) is 14.1. The molecule has 1 aliphatic carbocycles. The predicted molar refractivity (Wildman–Crippen MR) is 156 cm³/mol. The van der Waals surface area contributed by atoms with Crippen LogP contribution in [0.5, 0.6) is 0 Å². The van der Waals surface area contributed by atoms with E-state index in [1.807, 2.05) is 73.3 Å². The molecule has 8 nitrogen and oxygen atoms in total. The fourth-order valence-electron chi connectivity index (χ4n) is 5.96. The number of ether oxygens (including phenoxy) is 1. The van der Waals surface area contributed by atoms with Gasteiger partial charge in [-0.25, -0.2) is 9.59 Å². The van der Waals surface area contributed by atoms with Gasteiger partial charge in [0.2, 0.25) is 5.91 Å². The minimum Gasteiger partial charge on any atom is -0.479 e. The fraction of sp³-hybridized carbons (Fsp3) is 0.364. The summed E-state index contributed by atoms with van der Waals surface area (Å²) in [5.41, 5.74) is 3.75. The number of benzene rings is 3. The van der Waals surface area contributed by atoms with E-state index in [9.17, 15) is 19.5 Å². The van der Waals surface area contributed by atoms with Gasteiger partial charge in [0.25, 0.3) is 0 Å². The maximum Gasteiger partial charge on any atom is 0.407 e. The lowest BCUT2D eigenvalue weighted by Crippen LogP contribution is -2.57. The maximum absolute atomic E-state index is 13.0. The zero-order valence-electron chi connectivity index (χ0n) is 23.6. The van der Waals surface area contributed by atoms with Gasteiger partial charge in [0, 0.05) is 38.5 Å². The molecule has 214 valence electrons. The third kappa shape index (κ3) is 6.43. The molecule has 1 fully saturated rings. The summed E-state index contributed by atoms with van der Waals surface area (Å²) in [6.07, 6.45) is -0.154. The molecule has 5 rings (SSSR count). The highest BCUT2D eigenvalue weighted by molar-refractivity contribution is 5.88. The van der Waals surface area contributed by atoms with E-state index in [1.165, 1.54) is 0 Å². The normalized spacial score (nSPS) is 18.4. The monoisotopic (exact) mass is 555 g/mol. The minimum absolute atomic E-state index is 0.0352. The summed E-state index contributed by atoms with van der Waals surface area (Å²) in [7, 11) is 0. The second-order valence-electron chi connectivity index (χ2n) is 11.9. The molecule has 3 aromatic carbocycles. The number of alkyl carbamates (subject to hydrolysis) is 1. The van der Waals surface area contributed by atoms with Gasteiger partial charge in [-0.05, 0) is 39.7 Å². The van der Waals surface area contributed by atoms with Gasteiger partial charge in [-0.3, -0.25) is 9.69 Å². The number of amides is 2. The number of carbonyl (C=O) groups excluding carboxylic acids is 2. The Morgan fingerprint density at radius 3 is 2.20 bits per heavy atom. The molecule has 2 aliphatic rings. The molecule has 0 spiro atoms. The summed E-state index contributed by atoms with van der Waals surface area (Å²) in [5.74, 6) is -1.42. The maximum atomic E-state index is 13.0. The number of nitrogens with zero attached hydrogens (tertiary/aromatic N) is 1. The van der Waals surface area contributed by atoms with Crippen LogP contribution in [-0.2, 0) is 20.9 Å². The average Bonchev–Trinajstić information content (AvgIpc) is 3.50. The van der Waals surface area contributed by atoms with Gasteiger partial charge in [-0.1, -0.05) is 92.7 Å². The van der Waals surface area contributed by atoms with Crippen molar-refractivity contribution >= 4 is 18.0 Å². The topological polar surface area (TPSA) is 108 Å². The van der Waals surface area contributed by atoms with Crippen LogP contribution in [0.15, 0.2) is 78.9 Å². The Labute approximate surface area is 240 Å². The molecule has 0 aromatic heterocycles. The number of hydrogen-bond donors (Lipinski definition) is 3. The first kappa shape index (κ1) is 28.4. The van der Waals surface area contributed by atoms with Crippen LogP contribution < -0.4 is 10.6 Å². The van der Waals surface area contributed by atoms with E-state index in [0.717, 1.165) is 27.8 Å². The van der Waals surface area contributed by atoms with E-state index < -0.39 is 23.0 Å². The number of carboxylic acid groups (broad SMARTS) is 1. The molecule has 1 unspecified atom stereocenters. The van der Waals surface area contributed by atoms with Crippen LogP contribution >= 0.6 is 0 Å². The molecule has 1 atom stereocenters. The first-order valence-corrected chi connectivity index (χ1v) is 14.1. The second-order valence-corrected chi connectivity index (χ2v) is 11.9. The van der Waals surface area contributed by atoms with Crippen LogP contribution in [0, 0.1) is 5.41 Å². The van der Waals surface area contributed by atoms with Crippen molar-refractivity contribution in [3.63, 3.8) is 0 Å². The molecule has 0 saturated carbocycles. The number of carbonyl (C=O) groups is 3. The van der Waals surface area contributed by atoms with Gasteiger partial charge in [0.05, 0.1) is 0 Å². The molecular weight excluding hydrogens is 518 g/mol. The molecule has 3 N–H and O–H groups in total. The minimum atomic E-state index is -1.33. The first-order chi connectivity index (χ1) is 19.7. The third-order valence-corrected chi connectivity index (χ3v) is 8.08. The highest BCUT2D eigenvalue weighted by Crippen LogP contribution is 2.44. The van der Waals surface area contributed by atoms with Crippen LogP contribution in [0.2, 0.25) is 0 Å². The number of hydrogen-bond acceptors (Lipinski definition) is 5. The Bertz CT molecular complexity index is 1380. The van der Waals surface area contributed by atoms with Gasteiger partial charge in [0.1, 0.15) is 6.61 Å². The highest BCUT2D eigenvalue weighted by Gasteiger charge is 2.46. The Kier molecular flexibility index (Phi) is 8.13. The van der Waals surface area contributed by atoms with Crippen molar-refractivity contribution in [3.8, 4) is 11.1 Å². The summed E-state index contributed by atoms with van der Waals surface area (Å²) in [4.78, 5) is 40.0. The molecule has 8 heteroatoms. The zero-order chi connectivity index (χ0) is 29.0. The molecule has 41 heavy (non-hydrogen) atoms. The zero-order valence-corrected chi connectivity index (χ0v) is 23.6. The number of rotatable bonds is 10. The SMILES string of the molecule is CC(C)(CNC(=O)OCC1c2ccccc2-c2ccccc21)CC(=O)NC1(C(=O)O)CCN(Cc2ccccc2)C1.